The van der Waals surface area contributed by atoms with E-state index < -0.39 is 0 Å². The maximum Gasteiger partial charge on any atom is 0.276 e. The summed E-state index contributed by atoms with van der Waals surface area (Å²) in [4.78, 5) is 18.6. The summed E-state index contributed by atoms with van der Waals surface area (Å²) in [7, 11) is 0. The molecule has 1 amide bonds. The van der Waals surface area contributed by atoms with Crippen LogP contribution in [0.3, 0.4) is 0 Å². The number of pyridine rings is 1. The Morgan fingerprint density at radius 3 is 2.76 bits per heavy atom. The maximum atomic E-state index is 12.8. The van der Waals surface area contributed by atoms with Crippen LogP contribution in [0.5, 0.6) is 5.88 Å². The minimum atomic E-state index is -0.0566. The third-order valence-electron chi connectivity index (χ3n) is 4.21. The predicted octanol–water partition coefficient (Wildman–Crippen LogP) is 2.83. The molecule has 1 aromatic carbocycles. The third kappa shape index (κ3) is 3.10. The molecule has 0 atom stereocenters. The molecule has 4 rings (SSSR count). The molecular formula is C19H18N4O2. The molecular weight excluding hydrogens is 316 g/mol. The fraction of sp³-hybridized carbons (Fsp3) is 0.211. The SMILES string of the molecule is Cc1ccc(N2CCn3nc(OCc4cccnc4)cc3C2=O)cc1. The highest BCUT2D eigenvalue weighted by Crippen LogP contribution is 2.24. The summed E-state index contributed by atoms with van der Waals surface area (Å²) in [6.45, 7) is 3.65. The molecule has 6 heteroatoms. The van der Waals surface area contributed by atoms with Gasteiger partial charge in [-0.05, 0) is 25.1 Å². The van der Waals surface area contributed by atoms with Crippen LogP contribution in [0.1, 0.15) is 21.6 Å². The lowest BCUT2D eigenvalue weighted by atomic mass is 10.2. The van der Waals surface area contributed by atoms with E-state index in [-0.39, 0.29) is 5.91 Å². The largest absolute Gasteiger partial charge is 0.472 e. The number of carbonyl (C=O) groups excluding carboxylic acids is 1. The number of aryl methyl sites for hydroxylation is 1. The fourth-order valence-corrected chi connectivity index (χ4v) is 2.85. The molecule has 0 unspecified atom stereocenters. The molecule has 0 radical (unpaired) electrons. The first-order valence-electron chi connectivity index (χ1n) is 8.19. The molecule has 126 valence electrons. The lowest BCUT2D eigenvalue weighted by Crippen LogP contribution is -2.40. The Morgan fingerprint density at radius 1 is 1.16 bits per heavy atom. The number of anilines is 1. The van der Waals surface area contributed by atoms with E-state index in [0.717, 1.165) is 11.3 Å². The van der Waals surface area contributed by atoms with E-state index in [1.54, 1.807) is 28.0 Å². The van der Waals surface area contributed by atoms with Crippen LogP contribution in [-0.2, 0) is 13.2 Å². The molecule has 3 aromatic rings. The highest BCUT2D eigenvalue weighted by atomic mass is 16.5. The number of hydrogen-bond acceptors (Lipinski definition) is 4. The Hall–Kier alpha value is -3.15. The van der Waals surface area contributed by atoms with Crippen molar-refractivity contribution < 1.29 is 9.53 Å². The average molecular weight is 334 g/mol. The van der Waals surface area contributed by atoms with Gasteiger partial charge in [0.05, 0.1) is 6.54 Å². The van der Waals surface area contributed by atoms with E-state index in [9.17, 15) is 4.79 Å². The topological polar surface area (TPSA) is 60.3 Å². The quantitative estimate of drug-likeness (QED) is 0.736. The smallest absolute Gasteiger partial charge is 0.276 e. The van der Waals surface area contributed by atoms with Crippen molar-refractivity contribution in [2.24, 2.45) is 0 Å². The van der Waals surface area contributed by atoms with Gasteiger partial charge in [-0.3, -0.25) is 14.5 Å². The molecule has 0 saturated heterocycles. The summed E-state index contributed by atoms with van der Waals surface area (Å²) in [5, 5.41) is 4.39. The minimum Gasteiger partial charge on any atom is -0.472 e. The van der Waals surface area contributed by atoms with E-state index in [2.05, 4.69) is 10.1 Å². The summed E-state index contributed by atoms with van der Waals surface area (Å²) in [6.07, 6.45) is 3.47. The van der Waals surface area contributed by atoms with Crippen LogP contribution < -0.4 is 9.64 Å². The molecule has 25 heavy (non-hydrogen) atoms. The number of aromatic nitrogens is 3. The Morgan fingerprint density at radius 2 is 2.00 bits per heavy atom. The zero-order chi connectivity index (χ0) is 17.2. The standard InChI is InChI=1S/C19H18N4O2/c1-14-4-6-16(7-5-14)22-9-10-23-17(19(22)24)11-18(21-23)25-13-15-3-2-8-20-12-15/h2-8,11-12H,9-10,13H2,1H3. The van der Waals surface area contributed by atoms with Crippen molar-refractivity contribution in [2.75, 3.05) is 11.4 Å². The molecule has 0 spiro atoms. The van der Waals surface area contributed by atoms with Gasteiger partial charge in [0.25, 0.3) is 5.91 Å². The molecule has 6 nitrogen and oxygen atoms in total. The Labute approximate surface area is 145 Å². The van der Waals surface area contributed by atoms with E-state index in [4.69, 9.17) is 4.74 Å². The molecule has 0 N–H and O–H groups in total. The molecule has 1 aliphatic heterocycles. The molecule has 0 aliphatic carbocycles. The highest BCUT2D eigenvalue weighted by molar-refractivity contribution is 6.05. The zero-order valence-corrected chi connectivity index (χ0v) is 13.9. The van der Waals surface area contributed by atoms with Crippen molar-refractivity contribution in [2.45, 2.75) is 20.1 Å². The van der Waals surface area contributed by atoms with Crippen LogP contribution >= 0.6 is 0 Å². The van der Waals surface area contributed by atoms with Gasteiger partial charge in [0.1, 0.15) is 12.3 Å². The third-order valence-corrected chi connectivity index (χ3v) is 4.21. The summed E-state index contributed by atoms with van der Waals surface area (Å²) >= 11 is 0. The predicted molar refractivity (Wildman–Crippen MR) is 93.7 cm³/mol. The van der Waals surface area contributed by atoms with Crippen molar-refractivity contribution in [3.05, 3.63) is 71.7 Å². The number of fused-ring (bicyclic) bond motifs is 1. The number of rotatable bonds is 4. The van der Waals surface area contributed by atoms with Crippen LogP contribution in [0.4, 0.5) is 5.69 Å². The Kier molecular flexibility index (Phi) is 3.93. The Balaban J connectivity index is 1.51. The van der Waals surface area contributed by atoms with Crippen molar-refractivity contribution in [1.29, 1.82) is 0 Å². The number of nitrogens with zero attached hydrogens (tertiary/aromatic N) is 4. The highest BCUT2D eigenvalue weighted by Gasteiger charge is 2.27. The first-order chi connectivity index (χ1) is 12.2. The first kappa shape index (κ1) is 15.4. The number of ether oxygens (including phenoxy) is 1. The van der Waals surface area contributed by atoms with Crippen LogP contribution in [0.2, 0.25) is 0 Å². The number of carbonyl (C=O) groups is 1. The monoisotopic (exact) mass is 334 g/mol. The summed E-state index contributed by atoms with van der Waals surface area (Å²) < 4.78 is 7.42. The van der Waals surface area contributed by atoms with Crippen LogP contribution in [0.15, 0.2) is 54.9 Å². The second-order valence-corrected chi connectivity index (χ2v) is 6.03. The van der Waals surface area contributed by atoms with E-state index in [0.29, 0.717) is 31.3 Å². The van der Waals surface area contributed by atoms with E-state index >= 15 is 0 Å². The first-order valence-corrected chi connectivity index (χ1v) is 8.19. The van der Waals surface area contributed by atoms with Crippen molar-refractivity contribution in [3.8, 4) is 5.88 Å². The zero-order valence-electron chi connectivity index (χ0n) is 13.9. The van der Waals surface area contributed by atoms with Crippen LogP contribution in [0.25, 0.3) is 0 Å². The fourth-order valence-electron chi connectivity index (χ4n) is 2.85. The second-order valence-electron chi connectivity index (χ2n) is 6.03. The maximum absolute atomic E-state index is 12.8. The van der Waals surface area contributed by atoms with Crippen LogP contribution in [-0.4, -0.2) is 27.2 Å². The van der Waals surface area contributed by atoms with Crippen molar-refractivity contribution >= 4 is 11.6 Å². The van der Waals surface area contributed by atoms with Crippen LogP contribution in [0, 0.1) is 6.92 Å². The van der Waals surface area contributed by atoms with Gasteiger partial charge in [-0.25, -0.2) is 0 Å². The molecule has 1 aliphatic rings. The van der Waals surface area contributed by atoms with Crippen molar-refractivity contribution in [1.82, 2.24) is 14.8 Å². The van der Waals surface area contributed by atoms with E-state index in [1.807, 2.05) is 43.3 Å². The van der Waals surface area contributed by atoms with E-state index in [1.165, 1.54) is 5.56 Å². The lowest BCUT2D eigenvalue weighted by molar-refractivity contribution is 0.0962. The molecule has 0 saturated carbocycles. The average Bonchev–Trinajstić information content (AvgIpc) is 3.06. The number of hydrogen-bond donors (Lipinski definition) is 0. The van der Waals surface area contributed by atoms with Gasteiger partial charge in [0.2, 0.25) is 5.88 Å². The van der Waals surface area contributed by atoms with Gasteiger partial charge in [-0.1, -0.05) is 23.8 Å². The molecule has 0 fully saturated rings. The van der Waals surface area contributed by atoms with Gasteiger partial charge in [-0.15, -0.1) is 5.10 Å². The summed E-state index contributed by atoms with van der Waals surface area (Å²) in [5.41, 5.74) is 3.58. The van der Waals surface area contributed by atoms with Gasteiger partial charge < -0.3 is 9.64 Å². The molecule has 2 aromatic heterocycles. The second kappa shape index (κ2) is 6.39. The van der Waals surface area contributed by atoms with Gasteiger partial charge >= 0.3 is 0 Å². The summed E-state index contributed by atoms with van der Waals surface area (Å²) in [5.74, 6) is 0.400. The lowest BCUT2D eigenvalue weighted by Gasteiger charge is -2.27. The van der Waals surface area contributed by atoms with Gasteiger partial charge in [0, 0.05) is 36.3 Å². The summed E-state index contributed by atoms with van der Waals surface area (Å²) in [6, 6.07) is 13.5. The molecule has 0 bridgehead atoms. The van der Waals surface area contributed by atoms with Crippen molar-refractivity contribution in [3.63, 3.8) is 0 Å². The minimum absolute atomic E-state index is 0.0566. The van der Waals surface area contributed by atoms with Gasteiger partial charge in [-0.2, -0.15) is 0 Å². The number of amides is 1. The Bertz CT molecular complexity index is 888. The molecule has 3 heterocycles. The normalized spacial score (nSPS) is 13.6. The number of benzene rings is 1. The van der Waals surface area contributed by atoms with Gasteiger partial charge in [0.15, 0.2) is 0 Å².